The summed E-state index contributed by atoms with van der Waals surface area (Å²) in [6.45, 7) is 1.95. The molecule has 0 radical (unpaired) electrons. The molecule has 6 nitrogen and oxygen atoms in total. The minimum absolute atomic E-state index is 0.658. The fourth-order valence-electron chi connectivity index (χ4n) is 2.53. The van der Waals surface area contributed by atoms with Crippen molar-refractivity contribution in [3.63, 3.8) is 0 Å². The Morgan fingerprint density at radius 1 is 0.926 bits per heavy atom. The lowest BCUT2D eigenvalue weighted by molar-refractivity contribution is 1.03. The number of hydrogen-bond donors (Lipinski definition) is 3. The number of nitrogens with zero attached hydrogens (tertiary/aromatic N) is 3. The Morgan fingerprint density at radius 3 is 2.41 bits per heavy atom. The van der Waals surface area contributed by atoms with E-state index in [4.69, 9.17) is 10.7 Å². The van der Waals surface area contributed by atoms with Crippen molar-refractivity contribution in [3.05, 3.63) is 72.4 Å². The van der Waals surface area contributed by atoms with Gasteiger partial charge in [0, 0.05) is 34.0 Å². The van der Waals surface area contributed by atoms with E-state index in [0.717, 1.165) is 26.9 Å². The SMILES string of the molecule is Cc1cc(Nc2cc(Sc3ccc(N)cc3)nc(-c3ccccc3)n2)n[nH]1. The highest BCUT2D eigenvalue weighted by Crippen LogP contribution is 2.30. The first kappa shape index (κ1) is 17.1. The lowest BCUT2D eigenvalue weighted by Crippen LogP contribution is -1.99. The van der Waals surface area contributed by atoms with Crippen molar-refractivity contribution in [1.82, 2.24) is 20.2 Å². The molecule has 0 aliphatic heterocycles. The third-order valence-corrected chi connectivity index (χ3v) is 4.73. The highest BCUT2D eigenvalue weighted by atomic mass is 32.2. The molecule has 0 saturated carbocycles. The van der Waals surface area contributed by atoms with Gasteiger partial charge in [0.2, 0.25) is 0 Å². The molecule has 0 aliphatic rings. The number of aromatic amines is 1. The van der Waals surface area contributed by atoms with E-state index in [0.29, 0.717) is 17.5 Å². The standard InChI is InChI=1S/C20H18N6S/c1-13-11-18(26-25-13)22-17-12-19(27-16-9-7-15(21)8-10-16)24-20(23-17)14-5-3-2-4-6-14/h2-12H,21H2,1H3,(H2,22,23,24,25,26). The molecule has 2 heterocycles. The van der Waals surface area contributed by atoms with E-state index in [2.05, 4.69) is 20.5 Å². The van der Waals surface area contributed by atoms with Gasteiger partial charge in [-0.1, -0.05) is 42.1 Å². The summed E-state index contributed by atoms with van der Waals surface area (Å²) >= 11 is 1.56. The van der Waals surface area contributed by atoms with Gasteiger partial charge in [0.05, 0.1) is 0 Å². The van der Waals surface area contributed by atoms with Gasteiger partial charge in [0.1, 0.15) is 10.8 Å². The van der Waals surface area contributed by atoms with E-state index in [1.807, 2.05) is 73.7 Å². The molecule has 2 aromatic carbocycles. The smallest absolute Gasteiger partial charge is 0.162 e. The Bertz CT molecular complexity index is 1040. The number of anilines is 3. The van der Waals surface area contributed by atoms with Gasteiger partial charge in [-0.3, -0.25) is 5.10 Å². The van der Waals surface area contributed by atoms with E-state index in [-0.39, 0.29) is 0 Å². The van der Waals surface area contributed by atoms with Crippen LogP contribution in [0.5, 0.6) is 0 Å². The van der Waals surface area contributed by atoms with Crippen molar-refractivity contribution < 1.29 is 0 Å². The van der Waals surface area contributed by atoms with Crippen molar-refractivity contribution in [1.29, 1.82) is 0 Å². The normalized spacial score (nSPS) is 10.7. The zero-order chi connectivity index (χ0) is 18.6. The summed E-state index contributed by atoms with van der Waals surface area (Å²) < 4.78 is 0. The van der Waals surface area contributed by atoms with Crippen LogP contribution in [0.1, 0.15) is 5.69 Å². The summed E-state index contributed by atoms with van der Waals surface area (Å²) in [6.07, 6.45) is 0. The first-order valence-corrected chi connectivity index (χ1v) is 9.24. The lowest BCUT2D eigenvalue weighted by Gasteiger charge is -2.09. The average molecular weight is 374 g/mol. The summed E-state index contributed by atoms with van der Waals surface area (Å²) in [6, 6.07) is 21.5. The Labute approximate surface area is 161 Å². The van der Waals surface area contributed by atoms with Gasteiger partial charge in [-0.15, -0.1) is 0 Å². The number of nitrogens with one attached hydrogen (secondary N) is 2. The van der Waals surface area contributed by atoms with Gasteiger partial charge in [0.25, 0.3) is 0 Å². The second kappa shape index (κ2) is 7.51. The Hall–Kier alpha value is -3.32. The predicted molar refractivity (Wildman–Crippen MR) is 109 cm³/mol. The molecule has 7 heteroatoms. The number of benzene rings is 2. The van der Waals surface area contributed by atoms with Crippen LogP contribution in [0.2, 0.25) is 0 Å². The first-order chi connectivity index (χ1) is 13.2. The number of hydrogen-bond acceptors (Lipinski definition) is 6. The van der Waals surface area contributed by atoms with Crippen LogP contribution in [0, 0.1) is 6.92 Å². The number of H-pyrrole nitrogens is 1. The molecule has 0 aliphatic carbocycles. The van der Waals surface area contributed by atoms with Crippen LogP contribution >= 0.6 is 11.8 Å². The minimum Gasteiger partial charge on any atom is -0.399 e. The van der Waals surface area contributed by atoms with Gasteiger partial charge < -0.3 is 11.1 Å². The second-order valence-corrected chi connectivity index (χ2v) is 7.11. The summed E-state index contributed by atoms with van der Waals surface area (Å²) in [7, 11) is 0. The molecule has 0 spiro atoms. The number of rotatable bonds is 5. The molecule has 0 saturated heterocycles. The third-order valence-electron chi connectivity index (χ3n) is 3.80. The van der Waals surface area contributed by atoms with E-state index in [1.54, 1.807) is 11.8 Å². The van der Waals surface area contributed by atoms with Gasteiger partial charge in [-0.25, -0.2) is 9.97 Å². The Balaban J connectivity index is 1.70. The maximum absolute atomic E-state index is 5.78. The fourth-order valence-corrected chi connectivity index (χ4v) is 3.34. The number of nitrogen functional groups attached to an aromatic ring is 1. The second-order valence-electron chi connectivity index (χ2n) is 6.01. The maximum Gasteiger partial charge on any atom is 0.162 e. The molecule has 0 atom stereocenters. The van der Waals surface area contributed by atoms with Crippen LogP contribution in [-0.2, 0) is 0 Å². The van der Waals surface area contributed by atoms with Crippen LogP contribution in [0.15, 0.2) is 76.7 Å². The highest BCUT2D eigenvalue weighted by molar-refractivity contribution is 7.99. The monoisotopic (exact) mass is 374 g/mol. The lowest BCUT2D eigenvalue weighted by atomic mass is 10.2. The van der Waals surface area contributed by atoms with Gasteiger partial charge in [0.15, 0.2) is 11.6 Å². The third kappa shape index (κ3) is 4.27. The zero-order valence-corrected chi connectivity index (χ0v) is 15.5. The van der Waals surface area contributed by atoms with Crippen molar-refractivity contribution in [2.24, 2.45) is 0 Å². The Morgan fingerprint density at radius 2 is 1.70 bits per heavy atom. The largest absolute Gasteiger partial charge is 0.399 e. The van der Waals surface area contributed by atoms with Gasteiger partial charge in [-0.2, -0.15) is 5.10 Å². The maximum atomic E-state index is 5.78. The van der Waals surface area contributed by atoms with E-state index < -0.39 is 0 Å². The molecule has 0 unspecified atom stereocenters. The van der Waals surface area contributed by atoms with Crippen molar-refractivity contribution in [2.45, 2.75) is 16.8 Å². The first-order valence-electron chi connectivity index (χ1n) is 8.43. The predicted octanol–water partition coefficient (Wildman–Crippen LogP) is 4.65. The molecular weight excluding hydrogens is 356 g/mol. The average Bonchev–Trinajstić information content (AvgIpc) is 3.09. The minimum atomic E-state index is 0.658. The number of aryl methyl sites for hydroxylation is 1. The van der Waals surface area contributed by atoms with Crippen LogP contribution < -0.4 is 11.1 Å². The van der Waals surface area contributed by atoms with E-state index in [1.165, 1.54) is 0 Å². The van der Waals surface area contributed by atoms with Crippen LogP contribution in [0.4, 0.5) is 17.3 Å². The van der Waals surface area contributed by atoms with Crippen molar-refractivity contribution >= 4 is 29.1 Å². The number of aromatic nitrogens is 4. The molecule has 4 rings (SSSR count). The van der Waals surface area contributed by atoms with Crippen molar-refractivity contribution in [3.8, 4) is 11.4 Å². The molecule has 0 amide bonds. The zero-order valence-electron chi connectivity index (χ0n) is 14.7. The van der Waals surface area contributed by atoms with Crippen LogP contribution in [-0.4, -0.2) is 20.2 Å². The molecule has 27 heavy (non-hydrogen) atoms. The molecule has 134 valence electrons. The van der Waals surface area contributed by atoms with Crippen molar-refractivity contribution in [2.75, 3.05) is 11.1 Å². The molecule has 4 aromatic rings. The molecule has 4 N–H and O–H groups in total. The highest BCUT2D eigenvalue weighted by Gasteiger charge is 2.10. The molecule has 2 aromatic heterocycles. The van der Waals surface area contributed by atoms with Crippen LogP contribution in [0.25, 0.3) is 11.4 Å². The summed E-state index contributed by atoms with van der Waals surface area (Å²) in [5, 5.41) is 11.2. The van der Waals surface area contributed by atoms with E-state index in [9.17, 15) is 0 Å². The summed E-state index contributed by atoms with van der Waals surface area (Å²) in [4.78, 5) is 10.4. The van der Waals surface area contributed by atoms with Crippen LogP contribution in [0.3, 0.4) is 0 Å². The van der Waals surface area contributed by atoms with Gasteiger partial charge >= 0.3 is 0 Å². The molecule has 0 fully saturated rings. The Kier molecular flexibility index (Phi) is 4.76. The summed E-state index contributed by atoms with van der Waals surface area (Å²) in [5.41, 5.74) is 8.45. The quantitative estimate of drug-likeness (QED) is 0.348. The fraction of sp³-hybridized carbons (Fsp3) is 0.0500. The molecule has 0 bridgehead atoms. The van der Waals surface area contributed by atoms with E-state index >= 15 is 0 Å². The van der Waals surface area contributed by atoms with Gasteiger partial charge in [-0.05, 0) is 31.2 Å². The number of nitrogens with two attached hydrogens (primary N) is 1. The topological polar surface area (TPSA) is 92.5 Å². The summed E-state index contributed by atoms with van der Waals surface area (Å²) in [5.74, 6) is 2.06. The molecular formula is C20H18N6S.